The smallest absolute Gasteiger partial charge is 0.172 e. The fraction of sp³-hybridized carbons (Fsp3) is 0.444. The molecule has 32 heavy (non-hydrogen) atoms. The van der Waals surface area contributed by atoms with E-state index >= 15 is 0 Å². The van der Waals surface area contributed by atoms with Gasteiger partial charge in [0.1, 0.15) is 0 Å². The zero-order valence-electron chi connectivity index (χ0n) is 19.1. The summed E-state index contributed by atoms with van der Waals surface area (Å²) in [6.45, 7) is 7.43. The van der Waals surface area contributed by atoms with E-state index in [2.05, 4.69) is 59.9 Å². The first-order valence-corrected chi connectivity index (χ1v) is 11.7. The molecule has 0 bridgehead atoms. The van der Waals surface area contributed by atoms with Gasteiger partial charge in [-0.3, -0.25) is 0 Å². The summed E-state index contributed by atoms with van der Waals surface area (Å²) in [6.07, 6.45) is 14.0. The van der Waals surface area contributed by atoms with Gasteiger partial charge in [-0.15, -0.1) is 6.58 Å². The van der Waals surface area contributed by atoms with Crippen LogP contribution in [0.2, 0.25) is 0 Å². The number of allylic oxidation sites excluding steroid dienone is 1. The van der Waals surface area contributed by atoms with Gasteiger partial charge < -0.3 is 19.8 Å². The van der Waals surface area contributed by atoms with Crippen molar-refractivity contribution in [2.45, 2.75) is 38.6 Å². The number of ether oxygens (including phenoxy) is 1. The van der Waals surface area contributed by atoms with E-state index in [4.69, 9.17) is 4.74 Å². The van der Waals surface area contributed by atoms with Gasteiger partial charge in [0.25, 0.3) is 0 Å². The van der Waals surface area contributed by atoms with Crippen LogP contribution in [-0.4, -0.2) is 49.7 Å². The lowest BCUT2D eigenvalue weighted by Gasteiger charge is -2.23. The van der Waals surface area contributed by atoms with E-state index in [0.29, 0.717) is 13.1 Å². The molecule has 0 fully saturated rings. The highest BCUT2D eigenvalue weighted by atomic mass is 16.5. The molecule has 0 spiro atoms. The average Bonchev–Trinajstić information content (AvgIpc) is 2.82. The molecule has 1 heterocycles. The van der Waals surface area contributed by atoms with E-state index in [1.807, 2.05) is 11.0 Å². The lowest BCUT2D eigenvalue weighted by molar-refractivity contribution is -0.698. The summed E-state index contributed by atoms with van der Waals surface area (Å²) >= 11 is 0. The Labute approximate surface area is 192 Å². The summed E-state index contributed by atoms with van der Waals surface area (Å²) in [5, 5.41) is 18.5. The van der Waals surface area contributed by atoms with E-state index in [1.54, 1.807) is 0 Å². The fourth-order valence-corrected chi connectivity index (χ4v) is 4.21. The first kappa shape index (κ1) is 24.2. The lowest BCUT2D eigenvalue weighted by atomic mass is 9.87. The average molecular weight is 438 g/mol. The van der Waals surface area contributed by atoms with E-state index in [-0.39, 0.29) is 13.2 Å². The number of hydrogen-bond donors (Lipinski definition) is 2. The number of aryl methyl sites for hydroxylation is 2. The van der Waals surface area contributed by atoms with Crippen LogP contribution in [0.4, 0.5) is 5.69 Å². The van der Waals surface area contributed by atoms with Crippen molar-refractivity contribution in [1.29, 1.82) is 0 Å². The highest BCUT2D eigenvalue weighted by Gasteiger charge is 2.18. The molecule has 0 atom stereocenters. The van der Waals surface area contributed by atoms with E-state index in [1.165, 1.54) is 28.7 Å². The Morgan fingerprint density at radius 1 is 1.03 bits per heavy atom. The first-order chi connectivity index (χ1) is 15.7. The quantitative estimate of drug-likeness (QED) is 0.285. The number of aromatic nitrogens is 1. The fourth-order valence-electron chi connectivity index (χ4n) is 4.21. The van der Waals surface area contributed by atoms with Crippen LogP contribution in [0.15, 0.2) is 55.4 Å². The lowest BCUT2D eigenvalue weighted by Crippen LogP contribution is -2.34. The maximum atomic E-state index is 9.26. The van der Waals surface area contributed by atoms with Crippen molar-refractivity contribution < 1.29 is 19.5 Å². The van der Waals surface area contributed by atoms with Gasteiger partial charge >= 0.3 is 0 Å². The Balaban J connectivity index is 1.65. The van der Waals surface area contributed by atoms with Crippen LogP contribution < -0.4 is 9.47 Å². The van der Waals surface area contributed by atoms with Crippen LogP contribution in [0.1, 0.15) is 42.4 Å². The molecule has 1 aliphatic rings. The Kier molecular flexibility index (Phi) is 9.95. The van der Waals surface area contributed by atoms with Crippen LogP contribution in [0.25, 0.3) is 11.6 Å². The number of aliphatic hydroxyl groups is 2. The number of benzene rings is 1. The summed E-state index contributed by atoms with van der Waals surface area (Å²) in [5.41, 5.74) is 6.38. The summed E-state index contributed by atoms with van der Waals surface area (Å²) in [5.74, 6) is 0. The summed E-state index contributed by atoms with van der Waals surface area (Å²) in [6, 6.07) is 10.6. The standard InChI is InChI=1S/C27H37N2O3/c1-2-3-19-32-20-5-13-28-14-12-27-24(6-4-7-25(27)22-28)21-23-8-10-26(11-9-23)29(15-17-30)16-18-31/h2,8-12,14,21-22,30-31H,1,3-7,13,15-20H2/q+1. The largest absolute Gasteiger partial charge is 0.395 e. The number of nitrogens with zero attached hydrogens (tertiary/aromatic N) is 2. The molecule has 2 aromatic rings. The number of aliphatic hydroxyl groups excluding tert-OH is 2. The van der Waals surface area contributed by atoms with Gasteiger partial charge in [0.2, 0.25) is 0 Å². The van der Waals surface area contributed by atoms with Crippen molar-refractivity contribution in [1.82, 2.24) is 0 Å². The highest BCUT2D eigenvalue weighted by molar-refractivity contribution is 5.83. The number of anilines is 1. The second-order valence-electron chi connectivity index (χ2n) is 8.21. The molecule has 5 nitrogen and oxygen atoms in total. The first-order valence-electron chi connectivity index (χ1n) is 11.7. The Morgan fingerprint density at radius 2 is 1.81 bits per heavy atom. The topological polar surface area (TPSA) is 56.8 Å². The minimum Gasteiger partial charge on any atom is -0.395 e. The third-order valence-corrected chi connectivity index (χ3v) is 5.85. The predicted molar refractivity (Wildman–Crippen MR) is 131 cm³/mol. The number of pyridine rings is 1. The Morgan fingerprint density at radius 3 is 2.53 bits per heavy atom. The summed E-state index contributed by atoms with van der Waals surface area (Å²) < 4.78 is 7.90. The molecule has 2 N–H and O–H groups in total. The number of rotatable bonds is 13. The molecule has 0 saturated carbocycles. The molecule has 1 aliphatic carbocycles. The van der Waals surface area contributed by atoms with Crippen LogP contribution in [-0.2, 0) is 17.7 Å². The summed E-state index contributed by atoms with van der Waals surface area (Å²) in [7, 11) is 0. The molecule has 172 valence electrons. The molecule has 5 heteroatoms. The SMILES string of the molecule is C=CCCOCCC[n+]1ccc2c(c1)CCCC2=Cc1ccc(N(CCO)CCO)cc1. The third-order valence-electron chi connectivity index (χ3n) is 5.85. The van der Waals surface area contributed by atoms with E-state index in [0.717, 1.165) is 51.1 Å². The summed E-state index contributed by atoms with van der Waals surface area (Å²) in [4.78, 5) is 2.00. The van der Waals surface area contributed by atoms with Gasteiger partial charge in [0.05, 0.1) is 19.8 Å². The highest BCUT2D eigenvalue weighted by Crippen LogP contribution is 2.31. The number of hydrogen-bond acceptors (Lipinski definition) is 4. The van der Waals surface area contributed by atoms with Gasteiger partial charge in [-0.25, -0.2) is 4.57 Å². The zero-order valence-corrected chi connectivity index (χ0v) is 19.1. The van der Waals surface area contributed by atoms with Gasteiger partial charge in [0.15, 0.2) is 18.9 Å². The minimum absolute atomic E-state index is 0.0743. The zero-order chi connectivity index (χ0) is 22.6. The molecule has 0 saturated heterocycles. The molecule has 0 aliphatic heterocycles. The van der Waals surface area contributed by atoms with E-state index < -0.39 is 0 Å². The van der Waals surface area contributed by atoms with Crippen molar-refractivity contribution in [2.24, 2.45) is 0 Å². The third kappa shape index (κ3) is 7.02. The molecular formula is C27H37N2O3+. The molecular weight excluding hydrogens is 400 g/mol. The van der Waals surface area contributed by atoms with Crippen molar-refractivity contribution in [3.05, 3.63) is 72.1 Å². The second-order valence-corrected chi connectivity index (χ2v) is 8.21. The van der Waals surface area contributed by atoms with E-state index in [9.17, 15) is 10.2 Å². The minimum atomic E-state index is 0.0743. The maximum Gasteiger partial charge on any atom is 0.172 e. The second kappa shape index (κ2) is 13.2. The van der Waals surface area contributed by atoms with Crippen LogP contribution in [0, 0.1) is 0 Å². The normalized spacial score (nSPS) is 14.4. The Bertz CT molecular complexity index is 871. The monoisotopic (exact) mass is 437 g/mol. The molecule has 1 aromatic heterocycles. The molecule has 3 rings (SSSR count). The number of fused-ring (bicyclic) bond motifs is 1. The van der Waals surface area contributed by atoms with Gasteiger partial charge in [-0.2, -0.15) is 0 Å². The Hall–Kier alpha value is -2.47. The van der Waals surface area contributed by atoms with Crippen molar-refractivity contribution >= 4 is 17.3 Å². The van der Waals surface area contributed by atoms with Gasteiger partial charge in [0, 0.05) is 43.4 Å². The van der Waals surface area contributed by atoms with Gasteiger partial charge in [-0.1, -0.05) is 24.3 Å². The molecule has 0 radical (unpaired) electrons. The molecule has 0 unspecified atom stereocenters. The van der Waals surface area contributed by atoms with Crippen LogP contribution in [0.3, 0.4) is 0 Å². The van der Waals surface area contributed by atoms with Crippen molar-refractivity contribution in [3.8, 4) is 0 Å². The molecule has 1 aromatic carbocycles. The predicted octanol–water partition coefficient (Wildman–Crippen LogP) is 3.62. The van der Waals surface area contributed by atoms with Crippen LogP contribution in [0.5, 0.6) is 0 Å². The van der Waals surface area contributed by atoms with Crippen molar-refractivity contribution in [3.63, 3.8) is 0 Å². The maximum absolute atomic E-state index is 9.26. The molecule has 0 amide bonds. The van der Waals surface area contributed by atoms with Gasteiger partial charge in [-0.05, 0) is 54.5 Å². The van der Waals surface area contributed by atoms with Crippen LogP contribution >= 0.6 is 0 Å². The van der Waals surface area contributed by atoms with Crippen molar-refractivity contribution in [2.75, 3.05) is 44.4 Å².